The molecule has 2 aliphatic rings. The summed E-state index contributed by atoms with van der Waals surface area (Å²) < 4.78 is 0. The summed E-state index contributed by atoms with van der Waals surface area (Å²) in [5.41, 5.74) is 2.01. The molecule has 1 aromatic carbocycles. The quantitative estimate of drug-likeness (QED) is 0.706. The molecule has 3 rings (SSSR count). The Morgan fingerprint density at radius 1 is 1.27 bits per heavy atom. The van der Waals surface area contributed by atoms with Crippen LogP contribution < -0.4 is 5.32 Å². The summed E-state index contributed by atoms with van der Waals surface area (Å²) in [6.07, 6.45) is 5.37. The topological polar surface area (TPSA) is 72.8 Å². The predicted molar refractivity (Wildman–Crippen MR) is 83.7 cm³/mol. The number of carbonyl (C=O) groups excluding carboxylic acids is 1. The van der Waals surface area contributed by atoms with Gasteiger partial charge < -0.3 is 20.4 Å². The van der Waals surface area contributed by atoms with Crippen LogP contribution in [0.15, 0.2) is 18.2 Å². The van der Waals surface area contributed by atoms with Crippen molar-refractivity contribution in [2.24, 2.45) is 0 Å². The van der Waals surface area contributed by atoms with E-state index in [2.05, 4.69) is 5.32 Å². The highest BCUT2D eigenvalue weighted by Gasteiger charge is 2.34. The second kappa shape index (κ2) is 6.57. The van der Waals surface area contributed by atoms with Crippen LogP contribution in [0, 0.1) is 0 Å². The molecule has 3 N–H and O–H groups in total. The molecule has 0 radical (unpaired) electrons. The highest BCUT2D eigenvalue weighted by molar-refractivity contribution is 5.75. The normalized spacial score (nSPS) is 19.8. The van der Waals surface area contributed by atoms with E-state index in [1.54, 1.807) is 6.07 Å². The molecule has 120 valence electrons. The molecule has 0 saturated heterocycles. The smallest absolute Gasteiger partial charge is 0.318 e. The number of nitrogens with zero attached hydrogens (tertiary/aromatic N) is 1. The molecule has 1 aromatic rings. The van der Waals surface area contributed by atoms with Crippen molar-refractivity contribution in [3.8, 4) is 5.75 Å². The number of unbranched alkanes of at least 4 members (excludes halogenated alkanes) is 1. The highest BCUT2D eigenvalue weighted by atomic mass is 16.3. The monoisotopic (exact) mass is 304 g/mol. The molecule has 0 aromatic heterocycles. The second-order valence-corrected chi connectivity index (χ2v) is 6.24. The number of amides is 2. The Morgan fingerprint density at radius 2 is 2.09 bits per heavy atom. The van der Waals surface area contributed by atoms with Gasteiger partial charge in [-0.15, -0.1) is 0 Å². The number of phenols is 1. The summed E-state index contributed by atoms with van der Waals surface area (Å²) in [4.78, 5) is 14.5. The largest absolute Gasteiger partial charge is 0.508 e. The number of aliphatic hydroxyl groups is 1. The van der Waals surface area contributed by atoms with E-state index in [9.17, 15) is 9.90 Å². The lowest BCUT2D eigenvalue weighted by Gasteiger charge is -2.25. The van der Waals surface area contributed by atoms with Gasteiger partial charge in [0.2, 0.25) is 0 Å². The van der Waals surface area contributed by atoms with Gasteiger partial charge in [0.05, 0.1) is 6.04 Å². The van der Waals surface area contributed by atoms with Crippen molar-refractivity contribution in [1.29, 1.82) is 0 Å². The van der Waals surface area contributed by atoms with E-state index in [-0.39, 0.29) is 18.7 Å². The second-order valence-electron chi connectivity index (χ2n) is 6.24. The van der Waals surface area contributed by atoms with Crippen molar-refractivity contribution >= 4 is 6.03 Å². The summed E-state index contributed by atoms with van der Waals surface area (Å²) in [6, 6.07) is 5.87. The molecule has 0 bridgehead atoms. The Balaban J connectivity index is 1.63. The van der Waals surface area contributed by atoms with Crippen LogP contribution in [-0.2, 0) is 6.42 Å². The Hall–Kier alpha value is -1.75. The molecule has 5 heteroatoms. The number of urea groups is 1. The molecule has 5 nitrogen and oxygen atoms in total. The molecule has 0 spiro atoms. The van der Waals surface area contributed by atoms with Gasteiger partial charge in [0.1, 0.15) is 5.75 Å². The van der Waals surface area contributed by atoms with Crippen molar-refractivity contribution in [1.82, 2.24) is 10.2 Å². The van der Waals surface area contributed by atoms with Gasteiger partial charge in [-0.3, -0.25) is 0 Å². The van der Waals surface area contributed by atoms with E-state index in [0.29, 0.717) is 18.3 Å². The molecular formula is C17H24N2O3. The fourth-order valence-corrected chi connectivity index (χ4v) is 3.25. The van der Waals surface area contributed by atoms with Crippen molar-refractivity contribution in [2.75, 3.05) is 13.2 Å². The molecule has 22 heavy (non-hydrogen) atoms. The number of benzene rings is 1. The Bertz CT molecular complexity index is 543. The van der Waals surface area contributed by atoms with Crippen LogP contribution in [-0.4, -0.2) is 40.3 Å². The van der Waals surface area contributed by atoms with Gasteiger partial charge >= 0.3 is 6.03 Å². The number of aliphatic hydroxyl groups excluding tert-OH is 1. The van der Waals surface area contributed by atoms with Gasteiger partial charge in [0, 0.05) is 19.2 Å². The summed E-state index contributed by atoms with van der Waals surface area (Å²) in [5.74, 6) is 0.330. The fraction of sp³-hybridized carbons (Fsp3) is 0.588. The van der Waals surface area contributed by atoms with Crippen molar-refractivity contribution in [3.63, 3.8) is 0 Å². The number of hydrogen-bond donors (Lipinski definition) is 3. The van der Waals surface area contributed by atoms with Crippen molar-refractivity contribution in [2.45, 2.75) is 50.6 Å². The molecule has 1 unspecified atom stereocenters. The molecular weight excluding hydrogens is 280 g/mol. The summed E-state index contributed by atoms with van der Waals surface area (Å²) >= 11 is 0. The first kappa shape index (κ1) is 15.2. The third-order valence-corrected chi connectivity index (χ3v) is 4.60. The van der Waals surface area contributed by atoms with Crippen LogP contribution in [0.1, 0.15) is 49.3 Å². The number of nitrogens with one attached hydrogen (secondary N) is 1. The summed E-state index contributed by atoms with van der Waals surface area (Å²) in [7, 11) is 0. The molecule has 0 aliphatic heterocycles. The number of phenolic OH excluding ortho intramolecular Hbond substituents is 1. The molecule has 0 heterocycles. The Morgan fingerprint density at radius 3 is 2.82 bits per heavy atom. The maximum atomic E-state index is 12.6. The van der Waals surface area contributed by atoms with Crippen molar-refractivity contribution in [3.05, 3.63) is 29.3 Å². The minimum atomic E-state index is -0.0124. The van der Waals surface area contributed by atoms with Crippen LogP contribution in [0.25, 0.3) is 0 Å². The van der Waals surface area contributed by atoms with Crippen LogP contribution in [0.4, 0.5) is 4.79 Å². The van der Waals surface area contributed by atoms with E-state index in [0.717, 1.165) is 49.7 Å². The summed E-state index contributed by atoms with van der Waals surface area (Å²) in [6.45, 7) is 0.881. The minimum Gasteiger partial charge on any atom is -0.508 e. The zero-order chi connectivity index (χ0) is 15.5. The first-order chi connectivity index (χ1) is 10.7. The molecule has 1 atom stereocenters. The van der Waals surface area contributed by atoms with Crippen molar-refractivity contribution < 1.29 is 15.0 Å². The SMILES string of the molecule is O=C(NC1CCc2c(O)cccc21)N(CCCCO)C1CC1. The van der Waals surface area contributed by atoms with Gasteiger partial charge in [-0.2, -0.15) is 0 Å². The maximum absolute atomic E-state index is 12.6. The maximum Gasteiger partial charge on any atom is 0.318 e. The third kappa shape index (κ3) is 3.19. The zero-order valence-electron chi connectivity index (χ0n) is 12.8. The Labute approximate surface area is 130 Å². The molecule has 1 saturated carbocycles. The first-order valence-corrected chi connectivity index (χ1v) is 8.19. The number of aromatic hydroxyl groups is 1. The van der Waals surface area contributed by atoms with Crippen LogP contribution in [0.2, 0.25) is 0 Å². The highest BCUT2D eigenvalue weighted by Crippen LogP contribution is 2.36. The van der Waals surface area contributed by atoms with Crippen LogP contribution >= 0.6 is 0 Å². The van der Waals surface area contributed by atoms with E-state index in [1.165, 1.54) is 0 Å². The number of hydrogen-bond acceptors (Lipinski definition) is 3. The molecule has 1 fully saturated rings. The summed E-state index contributed by atoms with van der Waals surface area (Å²) in [5, 5.41) is 21.9. The number of rotatable bonds is 6. The lowest BCUT2D eigenvalue weighted by Crippen LogP contribution is -2.43. The average molecular weight is 304 g/mol. The van der Waals surface area contributed by atoms with E-state index in [4.69, 9.17) is 5.11 Å². The predicted octanol–water partition coefficient (Wildman–Crippen LogP) is 2.33. The van der Waals surface area contributed by atoms with Gasteiger partial charge in [-0.25, -0.2) is 4.79 Å². The van der Waals surface area contributed by atoms with E-state index < -0.39 is 0 Å². The fourth-order valence-electron chi connectivity index (χ4n) is 3.25. The van der Waals surface area contributed by atoms with E-state index in [1.807, 2.05) is 17.0 Å². The minimum absolute atomic E-state index is 0.00584. The van der Waals surface area contributed by atoms with Crippen LogP contribution in [0.5, 0.6) is 5.75 Å². The van der Waals surface area contributed by atoms with Gasteiger partial charge in [-0.05, 0) is 55.7 Å². The lowest BCUT2D eigenvalue weighted by molar-refractivity contribution is 0.186. The van der Waals surface area contributed by atoms with E-state index >= 15 is 0 Å². The third-order valence-electron chi connectivity index (χ3n) is 4.60. The van der Waals surface area contributed by atoms with Gasteiger partial charge in [0.25, 0.3) is 0 Å². The van der Waals surface area contributed by atoms with Gasteiger partial charge in [0.15, 0.2) is 0 Å². The van der Waals surface area contributed by atoms with Gasteiger partial charge in [-0.1, -0.05) is 12.1 Å². The lowest BCUT2D eigenvalue weighted by atomic mass is 10.1. The Kier molecular flexibility index (Phi) is 4.52. The molecule has 2 aliphatic carbocycles. The molecule has 2 amide bonds. The standard InChI is InChI=1S/C17H24N2O3/c20-11-2-1-10-19(12-6-7-12)17(22)18-15-9-8-14-13(15)4-3-5-16(14)21/h3-5,12,15,20-21H,1-2,6-11H2,(H,18,22). The first-order valence-electron chi connectivity index (χ1n) is 8.19. The number of carbonyl (C=O) groups is 1. The van der Waals surface area contributed by atoms with Crippen LogP contribution in [0.3, 0.4) is 0 Å². The number of fused-ring (bicyclic) bond motifs is 1. The average Bonchev–Trinajstić information content (AvgIpc) is 3.26. The zero-order valence-corrected chi connectivity index (χ0v) is 12.8.